The van der Waals surface area contributed by atoms with Crippen molar-refractivity contribution in [3.63, 3.8) is 0 Å². The van der Waals surface area contributed by atoms with E-state index in [1.807, 2.05) is 0 Å². The first-order valence-corrected chi connectivity index (χ1v) is 6.90. The van der Waals surface area contributed by atoms with Crippen molar-refractivity contribution in [2.24, 2.45) is 0 Å². The molecule has 1 amide bonds. The lowest BCUT2D eigenvalue weighted by atomic mass is 10.0. The molecule has 0 bridgehead atoms. The van der Waals surface area contributed by atoms with Gasteiger partial charge in [-0.2, -0.15) is 0 Å². The number of ether oxygens (including phenoxy) is 1. The van der Waals surface area contributed by atoms with Gasteiger partial charge in [-0.15, -0.1) is 11.8 Å². The van der Waals surface area contributed by atoms with Crippen molar-refractivity contribution >= 4 is 17.9 Å². The molecule has 0 aliphatic carbocycles. The van der Waals surface area contributed by atoms with Crippen LogP contribution in [0, 0.1) is 0 Å². The molecule has 1 aliphatic heterocycles. The quantitative estimate of drug-likeness (QED) is 0.444. The summed E-state index contributed by atoms with van der Waals surface area (Å²) in [4.78, 5) is 11.6. The van der Waals surface area contributed by atoms with E-state index in [1.54, 1.807) is 20.8 Å². The van der Waals surface area contributed by atoms with Crippen molar-refractivity contribution in [2.45, 2.75) is 55.3 Å². The molecule has 5 atom stereocenters. The molecule has 8 heteroatoms. The summed E-state index contributed by atoms with van der Waals surface area (Å²) in [5.74, 6) is 0. The van der Waals surface area contributed by atoms with E-state index in [-0.39, 0.29) is 6.61 Å². The Balaban J connectivity index is 2.65. The number of carbonyl (C=O) groups is 1. The standard InChI is InChI=1S/C11H21NO6S/c1-11(2,3)18-10(17)12-6-8(15)7(14)5(4-13)19-9(6)16/h5-9,13-16H,4H2,1-3H3,(H,12,17)/t5-,6-,7-,8-,9+/m1/s1. The van der Waals surface area contributed by atoms with Crippen LogP contribution in [0.4, 0.5) is 4.79 Å². The van der Waals surface area contributed by atoms with Crippen LogP contribution in [0.5, 0.6) is 0 Å². The largest absolute Gasteiger partial charge is 0.444 e. The number of carbonyl (C=O) groups excluding carboxylic acids is 1. The lowest BCUT2D eigenvalue weighted by Gasteiger charge is -2.39. The molecule has 0 aromatic rings. The smallest absolute Gasteiger partial charge is 0.408 e. The Morgan fingerprint density at radius 1 is 1.26 bits per heavy atom. The van der Waals surface area contributed by atoms with Crippen LogP contribution in [0.15, 0.2) is 0 Å². The van der Waals surface area contributed by atoms with Gasteiger partial charge in [-0.3, -0.25) is 0 Å². The highest BCUT2D eigenvalue weighted by atomic mass is 32.2. The molecule has 1 rings (SSSR count). The summed E-state index contributed by atoms with van der Waals surface area (Å²) in [7, 11) is 0. The first kappa shape index (κ1) is 16.5. The first-order valence-electron chi connectivity index (χ1n) is 5.95. The average molecular weight is 295 g/mol. The highest BCUT2D eigenvalue weighted by molar-refractivity contribution is 8.00. The Bertz CT molecular complexity index is 321. The molecule has 7 nitrogen and oxygen atoms in total. The summed E-state index contributed by atoms with van der Waals surface area (Å²) in [6, 6.07) is -1.06. The second kappa shape index (κ2) is 6.27. The highest BCUT2D eigenvalue weighted by Crippen LogP contribution is 2.31. The number of hydrogen-bond acceptors (Lipinski definition) is 7. The minimum absolute atomic E-state index is 0.376. The minimum atomic E-state index is -1.37. The number of nitrogens with one attached hydrogen (secondary N) is 1. The molecule has 112 valence electrons. The van der Waals surface area contributed by atoms with Crippen LogP contribution < -0.4 is 5.32 Å². The van der Waals surface area contributed by atoms with Gasteiger partial charge in [-0.25, -0.2) is 4.79 Å². The third-order valence-corrected chi connectivity index (χ3v) is 3.93. The van der Waals surface area contributed by atoms with Gasteiger partial charge >= 0.3 is 6.09 Å². The van der Waals surface area contributed by atoms with Crippen molar-refractivity contribution in [1.82, 2.24) is 5.32 Å². The number of amides is 1. The number of alkyl carbamates (subject to hydrolysis) is 1. The average Bonchev–Trinajstić information content (AvgIpc) is 2.27. The van der Waals surface area contributed by atoms with E-state index >= 15 is 0 Å². The van der Waals surface area contributed by atoms with Crippen LogP contribution >= 0.6 is 11.8 Å². The van der Waals surface area contributed by atoms with Crippen molar-refractivity contribution in [3.05, 3.63) is 0 Å². The van der Waals surface area contributed by atoms with Gasteiger partial charge in [0.05, 0.1) is 24.0 Å². The lowest BCUT2D eigenvalue weighted by Crippen LogP contribution is -2.61. The van der Waals surface area contributed by atoms with Crippen molar-refractivity contribution in [3.8, 4) is 0 Å². The Morgan fingerprint density at radius 3 is 2.32 bits per heavy atom. The molecule has 1 fully saturated rings. The predicted molar refractivity (Wildman–Crippen MR) is 69.6 cm³/mol. The van der Waals surface area contributed by atoms with Crippen LogP contribution in [-0.4, -0.2) is 67.7 Å². The van der Waals surface area contributed by atoms with Gasteiger partial charge < -0.3 is 30.5 Å². The van der Waals surface area contributed by atoms with Gasteiger partial charge in [0.2, 0.25) is 0 Å². The normalized spacial score (nSPS) is 35.8. The fourth-order valence-corrected chi connectivity index (χ4v) is 2.86. The van der Waals surface area contributed by atoms with Gasteiger partial charge in [-0.05, 0) is 20.8 Å². The molecule has 1 heterocycles. The zero-order valence-electron chi connectivity index (χ0n) is 11.1. The fourth-order valence-electron chi connectivity index (χ4n) is 1.70. The van der Waals surface area contributed by atoms with E-state index in [9.17, 15) is 20.1 Å². The van der Waals surface area contributed by atoms with Crippen molar-refractivity contribution in [2.75, 3.05) is 6.61 Å². The zero-order valence-corrected chi connectivity index (χ0v) is 11.9. The number of thioether (sulfide) groups is 1. The van der Waals surface area contributed by atoms with E-state index in [4.69, 9.17) is 9.84 Å². The van der Waals surface area contributed by atoms with Crippen LogP contribution in [0.3, 0.4) is 0 Å². The third-order valence-electron chi connectivity index (χ3n) is 2.58. The molecule has 0 saturated carbocycles. The maximum absolute atomic E-state index is 11.6. The molecule has 1 aliphatic rings. The Kier molecular flexibility index (Phi) is 5.45. The molecule has 19 heavy (non-hydrogen) atoms. The summed E-state index contributed by atoms with van der Waals surface area (Å²) in [5.41, 5.74) is -1.84. The summed E-state index contributed by atoms with van der Waals surface area (Å²) < 4.78 is 5.01. The van der Waals surface area contributed by atoms with Gasteiger partial charge in [0.25, 0.3) is 0 Å². The number of aliphatic hydroxyl groups excluding tert-OH is 4. The monoisotopic (exact) mass is 295 g/mol. The molecular weight excluding hydrogens is 274 g/mol. The maximum Gasteiger partial charge on any atom is 0.408 e. The van der Waals surface area contributed by atoms with Crippen LogP contribution in [0.25, 0.3) is 0 Å². The van der Waals surface area contributed by atoms with E-state index in [2.05, 4.69) is 5.32 Å². The van der Waals surface area contributed by atoms with E-state index in [0.717, 1.165) is 11.8 Å². The molecule has 0 aromatic heterocycles. The van der Waals surface area contributed by atoms with Crippen LogP contribution in [0.1, 0.15) is 20.8 Å². The summed E-state index contributed by atoms with van der Waals surface area (Å²) in [6.45, 7) is 4.68. The van der Waals surface area contributed by atoms with Gasteiger partial charge in [0, 0.05) is 0 Å². The highest BCUT2D eigenvalue weighted by Gasteiger charge is 2.44. The van der Waals surface area contributed by atoms with Crippen LogP contribution in [0.2, 0.25) is 0 Å². The second-order valence-corrected chi connectivity index (χ2v) is 6.76. The van der Waals surface area contributed by atoms with Gasteiger partial charge in [-0.1, -0.05) is 0 Å². The van der Waals surface area contributed by atoms with E-state index < -0.39 is 40.6 Å². The Labute approximate surface area is 116 Å². The number of rotatable bonds is 2. The van der Waals surface area contributed by atoms with Crippen molar-refractivity contribution in [1.29, 1.82) is 0 Å². The third kappa shape index (κ3) is 4.50. The van der Waals surface area contributed by atoms with Crippen molar-refractivity contribution < 1.29 is 30.0 Å². The molecule has 0 radical (unpaired) electrons. The molecule has 0 spiro atoms. The summed E-state index contributed by atoms with van der Waals surface area (Å²) >= 11 is 0.892. The summed E-state index contributed by atoms with van der Waals surface area (Å²) in [6.07, 6.45) is -3.40. The zero-order chi connectivity index (χ0) is 14.8. The van der Waals surface area contributed by atoms with E-state index in [1.165, 1.54) is 0 Å². The maximum atomic E-state index is 11.6. The second-order valence-electron chi connectivity index (χ2n) is 5.40. The Hall–Kier alpha value is -0.540. The van der Waals surface area contributed by atoms with E-state index in [0.29, 0.717) is 0 Å². The molecule has 1 saturated heterocycles. The molecular formula is C11H21NO6S. The predicted octanol–water partition coefficient (Wildman–Crippen LogP) is -0.972. The molecule has 5 N–H and O–H groups in total. The fraction of sp³-hybridized carbons (Fsp3) is 0.909. The minimum Gasteiger partial charge on any atom is -0.444 e. The SMILES string of the molecule is CC(C)(C)OC(=O)N[C@@H]1[C@@H](O)[C@H](O)[C@@H](CO)S[C@@H]1O. The van der Waals surface area contributed by atoms with Gasteiger partial charge in [0.1, 0.15) is 17.1 Å². The molecule has 0 unspecified atom stereocenters. The summed E-state index contributed by atoms with van der Waals surface area (Å²) in [5, 5.41) is 40.0. The topological polar surface area (TPSA) is 119 Å². The lowest BCUT2D eigenvalue weighted by molar-refractivity contribution is -0.0397. The number of aliphatic hydroxyl groups is 4. The first-order chi connectivity index (χ1) is 8.65. The molecule has 0 aromatic carbocycles. The Morgan fingerprint density at radius 2 is 1.84 bits per heavy atom. The number of hydrogen-bond donors (Lipinski definition) is 5. The van der Waals surface area contributed by atoms with Crippen LogP contribution in [-0.2, 0) is 4.74 Å². The van der Waals surface area contributed by atoms with Gasteiger partial charge in [0.15, 0.2) is 0 Å².